The van der Waals surface area contributed by atoms with Crippen molar-refractivity contribution in [3.05, 3.63) is 58.1 Å². The predicted octanol–water partition coefficient (Wildman–Crippen LogP) is 4.94. The molecule has 4 heterocycles. The molecule has 4 aliphatic rings. The minimum atomic E-state index is -1.04. The second-order valence-corrected chi connectivity index (χ2v) is 13.3. The van der Waals surface area contributed by atoms with Crippen LogP contribution in [0.2, 0.25) is 5.02 Å². The van der Waals surface area contributed by atoms with E-state index < -0.39 is 12.2 Å². The lowest BCUT2D eigenvalue weighted by Gasteiger charge is -2.41. The van der Waals surface area contributed by atoms with Crippen LogP contribution in [0.1, 0.15) is 61.6 Å². The van der Waals surface area contributed by atoms with E-state index in [-0.39, 0.29) is 24.4 Å². The van der Waals surface area contributed by atoms with Gasteiger partial charge in [-0.15, -0.1) is 6.42 Å². The molecule has 2 aromatic carbocycles. The number of carbonyl (C=O) groups is 3. The van der Waals surface area contributed by atoms with E-state index in [0.29, 0.717) is 73.4 Å². The first kappa shape index (κ1) is 32.0. The average Bonchev–Trinajstić information content (AvgIpc) is 3.09. The average molecular weight is 647 g/mol. The fraction of sp³-hybridized carbons (Fsp3) is 0.514. The van der Waals surface area contributed by atoms with Crippen molar-refractivity contribution < 1.29 is 19.1 Å². The van der Waals surface area contributed by atoms with E-state index in [1.165, 1.54) is 19.3 Å². The van der Waals surface area contributed by atoms with Crippen molar-refractivity contribution in [1.29, 1.82) is 0 Å². The first-order chi connectivity index (χ1) is 22.3. The molecule has 1 atom stereocenters. The summed E-state index contributed by atoms with van der Waals surface area (Å²) in [6, 6.07) is 11.6. The van der Waals surface area contributed by atoms with E-state index in [1.54, 1.807) is 17.0 Å². The van der Waals surface area contributed by atoms with Crippen LogP contribution in [-0.2, 0) is 22.5 Å². The van der Waals surface area contributed by atoms with Gasteiger partial charge in [0.15, 0.2) is 6.10 Å². The summed E-state index contributed by atoms with van der Waals surface area (Å²) in [7, 11) is 0. The monoisotopic (exact) mass is 646 g/mol. The Morgan fingerprint density at radius 2 is 1.65 bits per heavy atom. The zero-order valence-electron chi connectivity index (χ0n) is 26.3. The molecule has 0 saturated carbocycles. The largest absolute Gasteiger partial charge is 0.436 e. The molecular weight excluding hydrogens is 604 g/mol. The van der Waals surface area contributed by atoms with E-state index in [4.69, 9.17) is 28.5 Å². The van der Waals surface area contributed by atoms with Crippen molar-refractivity contribution in [2.45, 2.75) is 76.1 Å². The summed E-state index contributed by atoms with van der Waals surface area (Å²) < 4.78 is 6.01. The van der Waals surface area contributed by atoms with Gasteiger partial charge in [0.2, 0.25) is 0 Å². The summed E-state index contributed by atoms with van der Waals surface area (Å²) in [5, 5.41) is 3.28. The van der Waals surface area contributed by atoms with Crippen LogP contribution in [-0.4, -0.2) is 95.1 Å². The Morgan fingerprint density at radius 3 is 2.37 bits per heavy atom. The number of nitrogens with two attached hydrogens (primary N) is 1. The van der Waals surface area contributed by atoms with Gasteiger partial charge >= 0.3 is 12.1 Å². The quantitative estimate of drug-likeness (QED) is 0.340. The fourth-order valence-corrected chi connectivity index (χ4v) is 7.56. The first-order valence-electron chi connectivity index (χ1n) is 16.5. The Morgan fingerprint density at radius 1 is 0.978 bits per heavy atom. The number of halogens is 1. The predicted molar refractivity (Wildman–Crippen MR) is 178 cm³/mol. The van der Waals surface area contributed by atoms with Crippen LogP contribution in [0.15, 0.2) is 36.4 Å². The molecule has 4 aliphatic heterocycles. The number of rotatable bonds is 6. The third-order valence-corrected chi connectivity index (χ3v) is 10.3. The van der Waals surface area contributed by atoms with Crippen LogP contribution >= 0.6 is 11.6 Å². The lowest BCUT2D eigenvalue weighted by Crippen LogP contribution is -2.53. The van der Waals surface area contributed by atoms with Gasteiger partial charge in [-0.25, -0.2) is 9.59 Å². The molecule has 10 nitrogen and oxygen atoms in total. The summed E-state index contributed by atoms with van der Waals surface area (Å²) in [6.45, 7) is 4.88. The Bertz CT molecular complexity index is 1490. The number of terminal acetylenes is 1. The molecule has 0 radical (unpaired) electrons. The number of piperidine rings is 3. The number of hydrogen-bond donors (Lipinski definition) is 2. The van der Waals surface area contributed by atoms with E-state index in [1.807, 2.05) is 34.1 Å². The number of anilines is 2. The van der Waals surface area contributed by atoms with Crippen molar-refractivity contribution in [1.82, 2.24) is 19.6 Å². The minimum Gasteiger partial charge on any atom is -0.436 e. The van der Waals surface area contributed by atoms with Gasteiger partial charge in [-0.3, -0.25) is 4.79 Å². The van der Waals surface area contributed by atoms with E-state index in [0.717, 1.165) is 37.2 Å². The zero-order valence-corrected chi connectivity index (χ0v) is 27.0. The summed E-state index contributed by atoms with van der Waals surface area (Å²) in [6.07, 6.45) is 11.0. The molecule has 0 unspecified atom stereocenters. The van der Waals surface area contributed by atoms with Gasteiger partial charge in [0.25, 0.3) is 5.91 Å². The highest BCUT2D eigenvalue weighted by Crippen LogP contribution is 2.29. The van der Waals surface area contributed by atoms with Crippen molar-refractivity contribution in [3.8, 4) is 12.3 Å². The molecule has 3 fully saturated rings. The van der Waals surface area contributed by atoms with Gasteiger partial charge in [0, 0.05) is 62.5 Å². The number of benzene rings is 2. The minimum absolute atomic E-state index is 0.00450. The third kappa shape index (κ3) is 7.06. The normalized spacial score (nSPS) is 20.4. The van der Waals surface area contributed by atoms with E-state index >= 15 is 0 Å². The van der Waals surface area contributed by atoms with Gasteiger partial charge in [0.05, 0.1) is 10.7 Å². The second-order valence-electron chi connectivity index (χ2n) is 12.8. The lowest BCUT2D eigenvalue weighted by molar-refractivity contribution is -0.142. The highest BCUT2D eigenvalue weighted by molar-refractivity contribution is 6.33. The number of hydrogen-bond acceptors (Lipinski definition) is 6. The standard InChI is InChI=1S/C35H43ClN6O4/c1-2-25-20-24(21-29(36)32(25)37)22-31(33(43)40-16-10-27(11-17-40)39-14-6-3-7-15-39)46-35(45)41-18-12-28(13-19-41)42-23-26-8-4-5-9-30(26)38-34(42)44/h1,4-5,8-9,20-21,27-28,31H,3,6-7,10-19,22-23,37H2,(H,38,44)/t31-/m1/s1. The maximum absolute atomic E-state index is 14.0. The number of likely N-dealkylation sites (tertiary alicyclic amines) is 3. The molecule has 6 rings (SSSR count). The molecule has 0 bridgehead atoms. The van der Waals surface area contributed by atoms with Crippen molar-refractivity contribution in [2.75, 3.05) is 50.3 Å². The van der Waals surface area contributed by atoms with Crippen LogP contribution in [0.4, 0.5) is 21.0 Å². The van der Waals surface area contributed by atoms with Crippen LogP contribution in [0.5, 0.6) is 0 Å². The molecule has 4 amide bonds. The SMILES string of the molecule is C#Cc1cc(C[C@@H](OC(=O)N2CCC(N3Cc4ccccc4NC3=O)CC2)C(=O)N2CCC(N3CCCCC3)CC2)cc(Cl)c1N. The maximum atomic E-state index is 14.0. The van der Waals surface area contributed by atoms with Gasteiger partial charge in [-0.2, -0.15) is 0 Å². The molecular formula is C35H43ClN6O4. The number of nitrogen functional groups attached to an aromatic ring is 1. The molecule has 11 heteroatoms. The second kappa shape index (κ2) is 14.2. The molecule has 2 aromatic rings. The number of carbonyl (C=O) groups excluding carboxylic acids is 3. The van der Waals surface area contributed by atoms with E-state index in [9.17, 15) is 14.4 Å². The van der Waals surface area contributed by atoms with Crippen LogP contribution < -0.4 is 11.1 Å². The van der Waals surface area contributed by atoms with Crippen LogP contribution in [0.3, 0.4) is 0 Å². The molecule has 46 heavy (non-hydrogen) atoms. The highest BCUT2D eigenvalue weighted by Gasteiger charge is 2.36. The zero-order chi connectivity index (χ0) is 32.2. The molecule has 0 aliphatic carbocycles. The van der Waals surface area contributed by atoms with Crippen molar-refractivity contribution in [3.63, 3.8) is 0 Å². The van der Waals surface area contributed by atoms with Crippen LogP contribution in [0.25, 0.3) is 0 Å². The number of nitrogens with zero attached hydrogens (tertiary/aromatic N) is 4. The maximum Gasteiger partial charge on any atom is 0.410 e. The molecule has 244 valence electrons. The molecule has 0 aromatic heterocycles. The number of fused-ring (bicyclic) bond motifs is 1. The highest BCUT2D eigenvalue weighted by atomic mass is 35.5. The number of para-hydroxylation sites is 1. The smallest absolute Gasteiger partial charge is 0.410 e. The van der Waals surface area contributed by atoms with Gasteiger partial charge < -0.3 is 35.4 Å². The van der Waals surface area contributed by atoms with Crippen molar-refractivity contribution in [2.24, 2.45) is 0 Å². The summed E-state index contributed by atoms with van der Waals surface area (Å²) in [5.41, 5.74) is 9.38. The number of nitrogens with one attached hydrogen (secondary N) is 1. The number of urea groups is 1. The molecule has 0 spiro atoms. The Hall–Kier alpha value is -3.94. The number of ether oxygens (including phenoxy) is 1. The Kier molecular flexibility index (Phi) is 9.90. The topological polar surface area (TPSA) is 111 Å². The molecule has 3 N–H and O–H groups in total. The Labute approximate surface area is 276 Å². The van der Waals surface area contributed by atoms with E-state index in [2.05, 4.69) is 16.1 Å². The van der Waals surface area contributed by atoms with Gasteiger partial charge in [0.1, 0.15) is 0 Å². The summed E-state index contributed by atoms with van der Waals surface area (Å²) >= 11 is 6.37. The number of amides is 4. The van der Waals surface area contributed by atoms with Crippen LogP contribution in [0, 0.1) is 12.3 Å². The first-order valence-corrected chi connectivity index (χ1v) is 16.9. The summed E-state index contributed by atoms with van der Waals surface area (Å²) in [4.78, 5) is 48.3. The third-order valence-electron chi connectivity index (χ3n) is 9.99. The lowest BCUT2D eigenvalue weighted by atomic mass is 9.98. The summed E-state index contributed by atoms with van der Waals surface area (Å²) in [5.74, 6) is 2.34. The van der Waals surface area contributed by atoms with Crippen molar-refractivity contribution >= 4 is 41.0 Å². The van der Waals surface area contributed by atoms with Gasteiger partial charge in [-0.1, -0.05) is 42.1 Å². The fourth-order valence-electron chi connectivity index (χ4n) is 7.32. The van der Waals surface area contributed by atoms with Gasteiger partial charge in [-0.05, 0) is 80.9 Å². The Balaban J connectivity index is 1.11. The molecule has 3 saturated heterocycles.